The molecule has 1 atom stereocenters. The van der Waals surface area contributed by atoms with Gasteiger partial charge in [-0.3, -0.25) is 19.3 Å². The Kier molecular flexibility index (Phi) is 5.32. The normalized spacial score (nSPS) is 13.8. The van der Waals surface area contributed by atoms with E-state index in [9.17, 15) is 14.4 Å². The van der Waals surface area contributed by atoms with Gasteiger partial charge in [-0.05, 0) is 50.6 Å². The monoisotopic (exact) mass is 469 g/mol. The van der Waals surface area contributed by atoms with Crippen molar-refractivity contribution in [1.29, 1.82) is 0 Å². The molecule has 0 saturated heterocycles. The van der Waals surface area contributed by atoms with Crippen LogP contribution in [0.1, 0.15) is 38.9 Å². The third-order valence-electron chi connectivity index (χ3n) is 6.11. The molecule has 2 aromatic heterocycles. The first kappa shape index (κ1) is 22.3. The average Bonchev–Trinajstić information content (AvgIpc) is 3.34. The maximum atomic E-state index is 13.2. The van der Waals surface area contributed by atoms with E-state index in [0.717, 1.165) is 15.8 Å². The highest BCUT2D eigenvalue weighted by atomic mass is 16.5. The lowest BCUT2D eigenvalue weighted by Crippen LogP contribution is -2.45. The van der Waals surface area contributed by atoms with E-state index in [2.05, 4.69) is 10.4 Å². The first-order chi connectivity index (χ1) is 16.8. The number of pyridine rings is 1. The summed E-state index contributed by atoms with van der Waals surface area (Å²) in [6, 6.07) is 14.8. The number of hydrogen-bond acceptors (Lipinski definition) is 6. The molecule has 176 valence electrons. The van der Waals surface area contributed by atoms with Gasteiger partial charge in [0, 0.05) is 11.5 Å². The molecule has 9 nitrogen and oxygen atoms in total. The number of carbonyl (C=O) groups excluding carboxylic acids is 3. The van der Waals surface area contributed by atoms with Crippen molar-refractivity contribution in [3.63, 3.8) is 0 Å². The van der Waals surface area contributed by atoms with Crippen LogP contribution in [0.3, 0.4) is 0 Å². The molecule has 1 aliphatic rings. The van der Waals surface area contributed by atoms with Crippen LogP contribution in [0.25, 0.3) is 16.7 Å². The van der Waals surface area contributed by atoms with Crippen LogP contribution in [-0.2, 0) is 4.79 Å². The molecule has 4 aromatic rings. The second kappa shape index (κ2) is 8.35. The van der Waals surface area contributed by atoms with Gasteiger partial charge in [-0.15, -0.1) is 0 Å². The maximum Gasteiger partial charge on any atom is 0.262 e. The average molecular weight is 470 g/mol. The van der Waals surface area contributed by atoms with E-state index < -0.39 is 23.8 Å². The topological polar surface area (TPSA) is 106 Å². The van der Waals surface area contributed by atoms with Crippen molar-refractivity contribution in [3.05, 3.63) is 77.0 Å². The van der Waals surface area contributed by atoms with Crippen LogP contribution in [0.4, 0.5) is 5.82 Å². The summed E-state index contributed by atoms with van der Waals surface area (Å²) in [4.78, 5) is 44.5. The minimum Gasteiger partial charge on any atom is -0.494 e. The summed E-state index contributed by atoms with van der Waals surface area (Å²) >= 11 is 0. The van der Waals surface area contributed by atoms with Crippen LogP contribution in [0.5, 0.6) is 5.75 Å². The van der Waals surface area contributed by atoms with Crippen LogP contribution < -0.4 is 10.1 Å². The van der Waals surface area contributed by atoms with Crippen LogP contribution in [0.15, 0.2) is 54.6 Å². The zero-order valence-electron chi connectivity index (χ0n) is 19.7. The third-order valence-corrected chi connectivity index (χ3v) is 6.11. The lowest BCUT2D eigenvalue weighted by Gasteiger charge is -2.21. The van der Waals surface area contributed by atoms with Gasteiger partial charge >= 0.3 is 0 Å². The smallest absolute Gasteiger partial charge is 0.262 e. The number of fused-ring (bicyclic) bond motifs is 2. The van der Waals surface area contributed by atoms with E-state index >= 15 is 0 Å². The number of amides is 3. The van der Waals surface area contributed by atoms with Gasteiger partial charge in [-0.1, -0.05) is 24.3 Å². The summed E-state index contributed by atoms with van der Waals surface area (Å²) in [5, 5.41) is 8.27. The number of aromatic nitrogens is 3. The molecule has 5 rings (SSSR count). The number of methoxy groups -OCH3 is 1. The van der Waals surface area contributed by atoms with Crippen LogP contribution in [0.2, 0.25) is 0 Å². The van der Waals surface area contributed by atoms with Crippen molar-refractivity contribution in [2.45, 2.75) is 26.8 Å². The van der Waals surface area contributed by atoms with Crippen molar-refractivity contribution in [2.24, 2.45) is 0 Å². The number of carbonyl (C=O) groups is 3. The molecule has 2 aromatic carbocycles. The number of nitrogens with zero attached hydrogens (tertiary/aromatic N) is 4. The largest absolute Gasteiger partial charge is 0.494 e. The second-order valence-corrected chi connectivity index (χ2v) is 8.43. The van der Waals surface area contributed by atoms with Crippen molar-refractivity contribution in [2.75, 3.05) is 12.4 Å². The van der Waals surface area contributed by atoms with Crippen molar-refractivity contribution in [3.8, 4) is 11.6 Å². The number of aryl methyl sites for hydroxylation is 2. The number of anilines is 1. The van der Waals surface area contributed by atoms with E-state index in [1.165, 1.54) is 11.6 Å². The van der Waals surface area contributed by atoms with Crippen molar-refractivity contribution >= 4 is 34.4 Å². The van der Waals surface area contributed by atoms with Crippen molar-refractivity contribution < 1.29 is 19.1 Å². The Balaban J connectivity index is 1.47. The number of hydrogen-bond donors (Lipinski definition) is 1. The number of benzene rings is 2. The number of imide groups is 1. The van der Waals surface area contributed by atoms with E-state index in [1.54, 1.807) is 44.4 Å². The molecule has 1 unspecified atom stereocenters. The third kappa shape index (κ3) is 3.61. The van der Waals surface area contributed by atoms with Gasteiger partial charge in [-0.2, -0.15) is 9.78 Å². The minimum absolute atomic E-state index is 0.294. The summed E-state index contributed by atoms with van der Waals surface area (Å²) in [7, 11) is 1.59. The molecule has 35 heavy (non-hydrogen) atoms. The van der Waals surface area contributed by atoms with Crippen molar-refractivity contribution in [1.82, 2.24) is 19.7 Å². The lowest BCUT2D eigenvalue weighted by atomic mass is 10.1. The SMILES string of the molecule is COc1cccc2c(C)cc(-n3nc(C)cc3NC(=O)C(C)N3C(=O)c4ccccc4C3=O)nc12. The van der Waals surface area contributed by atoms with Crippen LogP contribution in [-0.4, -0.2) is 50.5 Å². The fraction of sp³-hybridized carbons (Fsp3) is 0.192. The van der Waals surface area contributed by atoms with Gasteiger partial charge in [0.1, 0.15) is 23.1 Å². The minimum atomic E-state index is -1.03. The molecule has 0 aliphatic carbocycles. The number of para-hydroxylation sites is 1. The number of nitrogens with one attached hydrogen (secondary N) is 1. The number of ether oxygens (including phenoxy) is 1. The van der Waals surface area contributed by atoms with Gasteiger partial charge in [0.05, 0.1) is 23.9 Å². The molecule has 0 saturated carbocycles. The molecular formula is C26H23N5O4. The highest BCUT2D eigenvalue weighted by molar-refractivity contribution is 6.23. The molecule has 3 heterocycles. The number of rotatable bonds is 5. The fourth-order valence-corrected chi connectivity index (χ4v) is 4.32. The standard InChI is InChI=1S/C26H23N5O4/c1-14-12-21(27-23-17(14)10-7-11-20(23)35-4)31-22(13-15(2)29-31)28-24(32)16(3)30-25(33)18-8-5-6-9-19(18)26(30)34/h5-13,16H,1-4H3,(H,28,32). The molecule has 0 bridgehead atoms. The zero-order chi connectivity index (χ0) is 24.9. The molecule has 0 fully saturated rings. The summed E-state index contributed by atoms with van der Waals surface area (Å²) in [6.45, 7) is 5.29. The van der Waals surface area contributed by atoms with Gasteiger partial charge in [-0.25, -0.2) is 4.98 Å². The Morgan fingerprint density at radius 2 is 1.69 bits per heavy atom. The maximum absolute atomic E-state index is 13.2. The Morgan fingerprint density at radius 3 is 2.34 bits per heavy atom. The van der Waals surface area contributed by atoms with E-state index in [-0.39, 0.29) is 0 Å². The van der Waals surface area contributed by atoms with Gasteiger partial charge in [0.15, 0.2) is 5.82 Å². The Bertz CT molecular complexity index is 1490. The summed E-state index contributed by atoms with van der Waals surface area (Å²) in [5.74, 6) is -0.000920. The second-order valence-electron chi connectivity index (χ2n) is 8.43. The highest BCUT2D eigenvalue weighted by Gasteiger charge is 2.40. The van der Waals surface area contributed by atoms with E-state index in [1.807, 2.05) is 31.2 Å². The van der Waals surface area contributed by atoms with Gasteiger partial charge in [0.25, 0.3) is 11.8 Å². The molecular weight excluding hydrogens is 446 g/mol. The molecule has 3 amide bonds. The predicted molar refractivity (Wildman–Crippen MR) is 130 cm³/mol. The first-order valence-electron chi connectivity index (χ1n) is 11.1. The van der Waals surface area contributed by atoms with E-state index in [0.29, 0.717) is 39.7 Å². The molecule has 1 N–H and O–H groups in total. The quantitative estimate of drug-likeness (QED) is 0.447. The summed E-state index contributed by atoms with van der Waals surface area (Å²) in [6.07, 6.45) is 0. The Labute approximate surface area is 201 Å². The fourth-order valence-electron chi connectivity index (χ4n) is 4.32. The van der Waals surface area contributed by atoms with Crippen LogP contribution in [0, 0.1) is 13.8 Å². The van der Waals surface area contributed by atoms with Gasteiger partial charge in [0.2, 0.25) is 5.91 Å². The molecule has 0 radical (unpaired) electrons. The molecule has 0 spiro atoms. The zero-order valence-corrected chi connectivity index (χ0v) is 19.7. The molecule has 9 heteroatoms. The van der Waals surface area contributed by atoms with E-state index in [4.69, 9.17) is 9.72 Å². The Hall–Kier alpha value is -4.53. The lowest BCUT2D eigenvalue weighted by molar-refractivity contribution is -0.119. The van der Waals surface area contributed by atoms with Crippen LogP contribution >= 0.6 is 0 Å². The first-order valence-corrected chi connectivity index (χ1v) is 11.1. The summed E-state index contributed by atoms with van der Waals surface area (Å²) < 4.78 is 7.01. The molecule has 1 aliphatic heterocycles. The van der Waals surface area contributed by atoms with Gasteiger partial charge < -0.3 is 10.1 Å². The Morgan fingerprint density at radius 1 is 1.00 bits per heavy atom. The summed E-state index contributed by atoms with van der Waals surface area (Å²) in [5.41, 5.74) is 2.89. The highest BCUT2D eigenvalue weighted by Crippen LogP contribution is 2.29. The predicted octanol–water partition coefficient (Wildman–Crippen LogP) is 3.67.